The molecule has 1 aliphatic rings. The van der Waals surface area contributed by atoms with Crippen molar-refractivity contribution >= 4 is 22.8 Å². The second kappa shape index (κ2) is 8.35. The summed E-state index contributed by atoms with van der Waals surface area (Å²) in [5.74, 6) is -0.421. The quantitative estimate of drug-likeness (QED) is 0.658. The molecule has 0 heterocycles. The van der Waals surface area contributed by atoms with Gasteiger partial charge in [-0.25, -0.2) is 4.79 Å². The van der Waals surface area contributed by atoms with Crippen molar-refractivity contribution in [2.75, 3.05) is 0 Å². The van der Waals surface area contributed by atoms with Crippen LogP contribution in [0.2, 0.25) is 0 Å². The van der Waals surface area contributed by atoms with Gasteiger partial charge in [0.25, 0.3) is 5.91 Å². The lowest BCUT2D eigenvalue weighted by molar-refractivity contribution is 0.0999. The summed E-state index contributed by atoms with van der Waals surface area (Å²) < 4.78 is 5.75. The Morgan fingerprint density at radius 2 is 1.62 bits per heavy atom. The number of primary amides is 1. The van der Waals surface area contributed by atoms with Crippen LogP contribution in [0.5, 0.6) is 5.75 Å². The van der Waals surface area contributed by atoms with Crippen LogP contribution in [0.15, 0.2) is 60.7 Å². The van der Waals surface area contributed by atoms with Crippen LogP contribution in [0.3, 0.4) is 0 Å². The molecule has 1 aliphatic carbocycles. The minimum absolute atomic E-state index is 0.105. The van der Waals surface area contributed by atoms with Crippen molar-refractivity contribution in [2.45, 2.75) is 38.1 Å². The van der Waals surface area contributed by atoms with E-state index in [1.807, 2.05) is 60.7 Å². The fraction of sp³-hybridized carbons (Fsp3) is 0.250. The number of carbonyl (C=O) groups is 2. The highest BCUT2D eigenvalue weighted by Gasteiger charge is 2.24. The Morgan fingerprint density at radius 1 is 0.931 bits per heavy atom. The Bertz CT molecular complexity index is 1040. The molecule has 148 valence electrons. The van der Waals surface area contributed by atoms with Crippen LogP contribution in [0, 0.1) is 0 Å². The maximum atomic E-state index is 12.7. The fourth-order valence-corrected chi connectivity index (χ4v) is 4.05. The highest BCUT2D eigenvalue weighted by molar-refractivity contribution is 6.12. The first-order chi connectivity index (χ1) is 14.1. The van der Waals surface area contributed by atoms with E-state index in [1.165, 1.54) is 6.42 Å². The van der Waals surface area contributed by atoms with Crippen LogP contribution in [-0.2, 0) is 0 Å². The topological polar surface area (TPSA) is 81.4 Å². The van der Waals surface area contributed by atoms with E-state index >= 15 is 0 Å². The van der Waals surface area contributed by atoms with Gasteiger partial charge in [0.15, 0.2) is 5.75 Å². The Kier molecular flexibility index (Phi) is 5.47. The zero-order valence-electron chi connectivity index (χ0n) is 16.2. The van der Waals surface area contributed by atoms with Crippen LogP contribution in [-0.4, -0.2) is 18.0 Å². The molecule has 5 heteroatoms. The van der Waals surface area contributed by atoms with Gasteiger partial charge in [0.05, 0.1) is 5.56 Å². The number of nitrogens with one attached hydrogen (secondary N) is 1. The Labute approximate surface area is 169 Å². The van der Waals surface area contributed by atoms with Crippen molar-refractivity contribution in [3.05, 3.63) is 66.2 Å². The summed E-state index contributed by atoms with van der Waals surface area (Å²) in [5, 5.41) is 4.48. The van der Waals surface area contributed by atoms with Crippen LogP contribution < -0.4 is 15.8 Å². The van der Waals surface area contributed by atoms with Gasteiger partial charge in [-0.05, 0) is 35.2 Å². The summed E-state index contributed by atoms with van der Waals surface area (Å²) in [6.07, 6.45) is 4.74. The van der Waals surface area contributed by atoms with E-state index in [0.29, 0.717) is 10.9 Å². The van der Waals surface area contributed by atoms with E-state index in [1.54, 1.807) is 0 Å². The van der Waals surface area contributed by atoms with Gasteiger partial charge in [-0.15, -0.1) is 0 Å². The minimum atomic E-state index is -0.626. The highest BCUT2D eigenvalue weighted by atomic mass is 16.6. The summed E-state index contributed by atoms with van der Waals surface area (Å²) in [6, 6.07) is 19.1. The van der Waals surface area contributed by atoms with Gasteiger partial charge in [-0.2, -0.15) is 0 Å². The maximum Gasteiger partial charge on any atom is 0.412 e. The second-order valence-electron chi connectivity index (χ2n) is 7.45. The van der Waals surface area contributed by atoms with Crippen molar-refractivity contribution in [3.8, 4) is 16.9 Å². The highest BCUT2D eigenvalue weighted by Crippen LogP contribution is 2.38. The molecule has 4 rings (SSSR count). The number of fused-ring (bicyclic) bond motifs is 1. The summed E-state index contributed by atoms with van der Waals surface area (Å²) >= 11 is 0. The van der Waals surface area contributed by atoms with Crippen LogP contribution in [0.4, 0.5) is 4.79 Å². The van der Waals surface area contributed by atoms with Crippen molar-refractivity contribution in [3.63, 3.8) is 0 Å². The molecule has 0 saturated heterocycles. The van der Waals surface area contributed by atoms with Gasteiger partial charge in [-0.1, -0.05) is 73.9 Å². The number of ether oxygens (including phenoxy) is 1. The van der Waals surface area contributed by atoms with Gasteiger partial charge in [0, 0.05) is 11.6 Å². The largest absolute Gasteiger partial charge is 0.412 e. The predicted molar refractivity (Wildman–Crippen MR) is 114 cm³/mol. The smallest absolute Gasteiger partial charge is 0.409 e. The van der Waals surface area contributed by atoms with Crippen molar-refractivity contribution in [1.82, 2.24) is 5.32 Å². The molecular formula is C24H24N2O3. The van der Waals surface area contributed by atoms with Crippen LogP contribution in [0.1, 0.15) is 42.5 Å². The van der Waals surface area contributed by atoms with Gasteiger partial charge in [-0.3, -0.25) is 4.79 Å². The normalized spacial score (nSPS) is 14.5. The Morgan fingerprint density at radius 3 is 2.34 bits per heavy atom. The molecule has 0 radical (unpaired) electrons. The molecule has 3 aromatic rings. The predicted octanol–water partition coefficient (Wildman–Crippen LogP) is 5.03. The zero-order valence-corrected chi connectivity index (χ0v) is 16.2. The lowest BCUT2D eigenvalue weighted by Gasteiger charge is -2.23. The van der Waals surface area contributed by atoms with E-state index in [9.17, 15) is 9.59 Å². The molecule has 0 spiro atoms. The standard InChI is InChI=1S/C24H24N2O3/c25-23(27)21-19-14-8-7-11-17(19)15-20(16-9-3-1-4-10-16)22(21)29-24(28)26-18-12-5-2-6-13-18/h1,3-4,7-11,14-15,18H,2,5-6,12-13H2,(H2,25,27)(H,26,28). The monoisotopic (exact) mass is 388 g/mol. The van der Waals surface area contributed by atoms with E-state index < -0.39 is 12.0 Å². The summed E-state index contributed by atoms with van der Waals surface area (Å²) in [5.41, 5.74) is 7.47. The SMILES string of the molecule is NC(=O)c1c(OC(=O)NC2CCCCC2)c(-c2ccccc2)cc2ccccc12. The molecular weight excluding hydrogens is 364 g/mol. The van der Waals surface area contributed by atoms with Crippen molar-refractivity contribution < 1.29 is 14.3 Å². The van der Waals surface area contributed by atoms with Crippen molar-refractivity contribution in [2.24, 2.45) is 5.73 Å². The third-order valence-corrected chi connectivity index (χ3v) is 5.45. The molecule has 0 aliphatic heterocycles. The summed E-state index contributed by atoms with van der Waals surface area (Å²) in [7, 11) is 0. The summed E-state index contributed by atoms with van der Waals surface area (Å²) in [6.45, 7) is 0. The lowest BCUT2D eigenvalue weighted by atomic mass is 9.94. The van der Waals surface area contributed by atoms with Gasteiger partial charge < -0.3 is 15.8 Å². The minimum Gasteiger partial charge on any atom is -0.409 e. The number of rotatable bonds is 4. The molecule has 0 unspecified atom stereocenters. The Balaban J connectivity index is 1.80. The zero-order chi connectivity index (χ0) is 20.2. The number of hydrogen-bond donors (Lipinski definition) is 2. The van der Waals surface area contributed by atoms with Gasteiger partial charge in [0.1, 0.15) is 0 Å². The lowest BCUT2D eigenvalue weighted by Crippen LogP contribution is -2.38. The number of benzene rings is 3. The fourth-order valence-electron chi connectivity index (χ4n) is 4.05. The average Bonchev–Trinajstić information content (AvgIpc) is 2.74. The molecule has 2 amide bonds. The first-order valence-corrected chi connectivity index (χ1v) is 10.0. The summed E-state index contributed by atoms with van der Waals surface area (Å²) in [4.78, 5) is 25.1. The third kappa shape index (κ3) is 4.09. The number of carbonyl (C=O) groups excluding carboxylic acids is 2. The third-order valence-electron chi connectivity index (χ3n) is 5.45. The molecule has 1 fully saturated rings. The van der Waals surface area contributed by atoms with E-state index in [2.05, 4.69) is 5.32 Å². The molecule has 0 bridgehead atoms. The number of amides is 2. The molecule has 3 aromatic carbocycles. The molecule has 29 heavy (non-hydrogen) atoms. The first-order valence-electron chi connectivity index (χ1n) is 10.0. The molecule has 0 atom stereocenters. The second-order valence-corrected chi connectivity index (χ2v) is 7.45. The Hall–Kier alpha value is -3.34. The van der Waals surface area contributed by atoms with Crippen molar-refractivity contribution in [1.29, 1.82) is 0 Å². The number of hydrogen-bond acceptors (Lipinski definition) is 3. The van der Waals surface area contributed by atoms with Gasteiger partial charge >= 0.3 is 6.09 Å². The van der Waals surface area contributed by atoms with Gasteiger partial charge in [0.2, 0.25) is 0 Å². The van der Waals surface area contributed by atoms with E-state index in [4.69, 9.17) is 10.5 Å². The number of nitrogens with two attached hydrogens (primary N) is 1. The van der Waals surface area contributed by atoms with Crippen LogP contribution in [0.25, 0.3) is 21.9 Å². The van der Waals surface area contributed by atoms with E-state index in [-0.39, 0.29) is 17.4 Å². The maximum absolute atomic E-state index is 12.7. The molecule has 3 N–H and O–H groups in total. The molecule has 1 saturated carbocycles. The average molecular weight is 388 g/mol. The van der Waals surface area contributed by atoms with E-state index in [0.717, 1.165) is 36.6 Å². The molecule has 5 nitrogen and oxygen atoms in total. The van der Waals surface area contributed by atoms with Crippen LogP contribution >= 0.6 is 0 Å². The first kappa shape index (κ1) is 19.0. The molecule has 0 aromatic heterocycles.